The second-order valence-corrected chi connectivity index (χ2v) is 11.5. The van der Waals surface area contributed by atoms with E-state index in [2.05, 4.69) is 16.3 Å². The standard InChI is InChI=1S/C38H41N3O4/c42-36(26-30-12-4-1-5-13-30)41(37(43)27-31-14-6-2-7-15-31)23-11-22-40-24-20-33(21-25-40)34-18-10-19-35(28-34)39-38(44)45-29-32-16-8-3-9-17-32/h1-10,12-19,28,33H,11,20-27,29H2,(H,39,44). The molecule has 0 atom stereocenters. The van der Waals surface area contributed by atoms with Crippen LogP contribution in [-0.2, 0) is 33.8 Å². The summed E-state index contributed by atoms with van der Waals surface area (Å²) in [5.74, 6) is 0.0938. The normalized spacial score (nSPS) is 13.6. The Morgan fingerprint density at radius 1 is 0.711 bits per heavy atom. The van der Waals surface area contributed by atoms with E-state index in [4.69, 9.17) is 4.74 Å². The quantitative estimate of drug-likeness (QED) is 0.192. The van der Waals surface area contributed by atoms with Crippen molar-refractivity contribution in [2.45, 2.75) is 44.6 Å². The lowest BCUT2D eigenvalue weighted by Gasteiger charge is -2.33. The topological polar surface area (TPSA) is 79.0 Å². The van der Waals surface area contributed by atoms with E-state index in [1.807, 2.05) is 109 Å². The average molecular weight is 604 g/mol. The van der Waals surface area contributed by atoms with Crippen molar-refractivity contribution in [3.05, 3.63) is 138 Å². The number of amides is 3. The highest BCUT2D eigenvalue weighted by Crippen LogP contribution is 2.29. The lowest BCUT2D eigenvalue weighted by Crippen LogP contribution is -2.41. The number of likely N-dealkylation sites (tertiary alicyclic amines) is 1. The Balaban J connectivity index is 1.09. The number of piperidine rings is 1. The number of nitrogens with one attached hydrogen (secondary N) is 1. The van der Waals surface area contributed by atoms with E-state index in [1.54, 1.807) is 0 Å². The zero-order chi connectivity index (χ0) is 31.3. The smallest absolute Gasteiger partial charge is 0.411 e. The molecule has 5 rings (SSSR count). The molecule has 1 N–H and O–H groups in total. The van der Waals surface area contributed by atoms with Crippen LogP contribution in [0.4, 0.5) is 10.5 Å². The third-order valence-electron chi connectivity index (χ3n) is 8.26. The van der Waals surface area contributed by atoms with E-state index >= 15 is 0 Å². The minimum absolute atomic E-state index is 0.154. The van der Waals surface area contributed by atoms with Crippen molar-refractivity contribution < 1.29 is 19.1 Å². The van der Waals surface area contributed by atoms with Gasteiger partial charge in [-0.3, -0.25) is 19.8 Å². The molecular weight excluding hydrogens is 562 g/mol. The van der Waals surface area contributed by atoms with Crippen molar-refractivity contribution in [2.75, 3.05) is 31.5 Å². The highest BCUT2D eigenvalue weighted by molar-refractivity contribution is 5.97. The molecule has 4 aromatic rings. The fourth-order valence-electron chi connectivity index (χ4n) is 5.81. The van der Waals surface area contributed by atoms with Crippen molar-refractivity contribution >= 4 is 23.6 Å². The van der Waals surface area contributed by atoms with Crippen LogP contribution in [0.3, 0.4) is 0 Å². The third kappa shape index (κ3) is 9.88. The van der Waals surface area contributed by atoms with Crippen LogP contribution in [0.5, 0.6) is 0 Å². The summed E-state index contributed by atoms with van der Waals surface area (Å²) in [5.41, 5.74) is 4.70. The summed E-state index contributed by atoms with van der Waals surface area (Å²) < 4.78 is 5.37. The number of ether oxygens (including phenoxy) is 1. The number of benzene rings is 4. The number of carbonyl (C=O) groups is 3. The lowest BCUT2D eigenvalue weighted by atomic mass is 9.89. The molecule has 3 amide bonds. The maximum atomic E-state index is 13.3. The highest BCUT2D eigenvalue weighted by atomic mass is 16.5. The number of imide groups is 1. The second kappa shape index (κ2) is 16.4. The summed E-state index contributed by atoms with van der Waals surface area (Å²) >= 11 is 0. The number of anilines is 1. The first-order chi connectivity index (χ1) is 22.0. The summed E-state index contributed by atoms with van der Waals surface area (Å²) in [6.07, 6.45) is 2.70. The van der Waals surface area contributed by atoms with Crippen molar-refractivity contribution in [2.24, 2.45) is 0 Å². The molecule has 1 fully saturated rings. The second-order valence-electron chi connectivity index (χ2n) is 11.5. The molecule has 0 aliphatic carbocycles. The summed E-state index contributed by atoms with van der Waals surface area (Å²) in [6, 6.07) is 36.8. The summed E-state index contributed by atoms with van der Waals surface area (Å²) in [6.45, 7) is 3.35. The van der Waals surface area contributed by atoms with Gasteiger partial charge in [0.05, 0.1) is 12.8 Å². The first kappa shape index (κ1) is 31.7. The molecule has 0 unspecified atom stereocenters. The number of hydrogen-bond acceptors (Lipinski definition) is 5. The van der Waals surface area contributed by atoms with Crippen molar-refractivity contribution in [1.29, 1.82) is 0 Å². The van der Waals surface area contributed by atoms with Gasteiger partial charge < -0.3 is 9.64 Å². The summed E-state index contributed by atoms with van der Waals surface area (Å²) in [5, 5.41) is 2.86. The minimum Gasteiger partial charge on any atom is -0.444 e. The van der Waals surface area contributed by atoms with Crippen LogP contribution in [0.2, 0.25) is 0 Å². The Labute approximate surface area is 265 Å². The summed E-state index contributed by atoms with van der Waals surface area (Å²) in [7, 11) is 0. The number of rotatable bonds is 12. The molecular formula is C38H41N3O4. The molecule has 1 aliphatic heterocycles. The van der Waals surface area contributed by atoms with Crippen LogP contribution >= 0.6 is 0 Å². The van der Waals surface area contributed by atoms with Gasteiger partial charge in [-0.1, -0.05) is 103 Å². The first-order valence-corrected chi connectivity index (χ1v) is 15.7. The van der Waals surface area contributed by atoms with E-state index in [0.29, 0.717) is 12.5 Å². The van der Waals surface area contributed by atoms with E-state index in [1.165, 1.54) is 10.5 Å². The highest BCUT2D eigenvalue weighted by Gasteiger charge is 2.24. The van der Waals surface area contributed by atoms with Gasteiger partial charge in [-0.05, 0) is 79.2 Å². The van der Waals surface area contributed by atoms with Crippen LogP contribution in [0.25, 0.3) is 0 Å². The Morgan fingerprint density at radius 2 is 1.27 bits per heavy atom. The van der Waals surface area contributed by atoms with Gasteiger partial charge in [0.15, 0.2) is 0 Å². The molecule has 0 radical (unpaired) electrons. The van der Waals surface area contributed by atoms with E-state index in [0.717, 1.165) is 61.3 Å². The third-order valence-corrected chi connectivity index (χ3v) is 8.26. The van der Waals surface area contributed by atoms with Crippen molar-refractivity contribution in [3.8, 4) is 0 Å². The van der Waals surface area contributed by atoms with Crippen molar-refractivity contribution in [1.82, 2.24) is 9.80 Å². The number of carbonyl (C=O) groups excluding carboxylic acids is 3. The predicted molar refractivity (Wildman–Crippen MR) is 177 cm³/mol. The van der Waals surface area contributed by atoms with Gasteiger partial charge in [0.25, 0.3) is 0 Å². The zero-order valence-electron chi connectivity index (χ0n) is 25.6. The van der Waals surface area contributed by atoms with Gasteiger partial charge in [-0.2, -0.15) is 0 Å². The first-order valence-electron chi connectivity index (χ1n) is 15.7. The Bertz CT molecular complexity index is 1470. The Kier molecular flexibility index (Phi) is 11.5. The van der Waals surface area contributed by atoms with E-state index in [9.17, 15) is 14.4 Å². The van der Waals surface area contributed by atoms with Gasteiger partial charge >= 0.3 is 6.09 Å². The molecule has 0 bridgehead atoms. The van der Waals surface area contributed by atoms with Gasteiger partial charge in [-0.15, -0.1) is 0 Å². The van der Waals surface area contributed by atoms with Crippen molar-refractivity contribution in [3.63, 3.8) is 0 Å². The SMILES string of the molecule is O=C(Nc1cccc(C2CCN(CCCN(C(=O)Cc3ccccc3)C(=O)Cc3ccccc3)CC2)c1)OCc1ccccc1. The summed E-state index contributed by atoms with van der Waals surface area (Å²) in [4.78, 5) is 42.8. The lowest BCUT2D eigenvalue weighted by molar-refractivity contribution is -0.144. The van der Waals surface area contributed by atoms with Gasteiger partial charge in [0.2, 0.25) is 11.8 Å². The molecule has 7 nitrogen and oxygen atoms in total. The van der Waals surface area contributed by atoms with Crippen LogP contribution in [0.1, 0.15) is 47.4 Å². The maximum Gasteiger partial charge on any atom is 0.411 e. The van der Waals surface area contributed by atoms with Gasteiger partial charge in [0, 0.05) is 12.2 Å². The average Bonchev–Trinajstić information content (AvgIpc) is 3.07. The molecule has 45 heavy (non-hydrogen) atoms. The van der Waals surface area contributed by atoms with E-state index in [-0.39, 0.29) is 31.3 Å². The molecule has 1 aliphatic rings. The molecule has 4 aromatic carbocycles. The van der Waals surface area contributed by atoms with Gasteiger partial charge in [-0.25, -0.2) is 4.79 Å². The molecule has 0 aromatic heterocycles. The van der Waals surface area contributed by atoms with Gasteiger partial charge in [0.1, 0.15) is 6.61 Å². The number of hydrogen-bond donors (Lipinski definition) is 1. The minimum atomic E-state index is -0.468. The predicted octanol–water partition coefficient (Wildman–Crippen LogP) is 6.85. The van der Waals surface area contributed by atoms with Crippen LogP contribution < -0.4 is 5.32 Å². The Hall–Kier alpha value is -4.75. The Morgan fingerprint density at radius 3 is 1.84 bits per heavy atom. The molecule has 7 heteroatoms. The molecule has 1 saturated heterocycles. The van der Waals surface area contributed by atoms with Crippen LogP contribution in [0, 0.1) is 0 Å². The monoisotopic (exact) mass is 603 g/mol. The van der Waals surface area contributed by atoms with Crippen LogP contribution in [0.15, 0.2) is 115 Å². The van der Waals surface area contributed by atoms with E-state index < -0.39 is 6.09 Å². The molecule has 232 valence electrons. The zero-order valence-corrected chi connectivity index (χ0v) is 25.6. The van der Waals surface area contributed by atoms with Crippen LogP contribution in [-0.4, -0.2) is 53.9 Å². The fraction of sp³-hybridized carbons (Fsp3) is 0.289. The molecule has 0 spiro atoms. The fourth-order valence-corrected chi connectivity index (χ4v) is 5.81. The molecule has 1 heterocycles. The number of nitrogens with zero attached hydrogens (tertiary/aromatic N) is 2. The largest absolute Gasteiger partial charge is 0.444 e. The maximum absolute atomic E-state index is 13.3. The molecule has 0 saturated carbocycles.